The zero-order valence-electron chi connectivity index (χ0n) is 16.7. The molecule has 1 atom stereocenters. The van der Waals surface area contributed by atoms with Crippen LogP contribution in [0.1, 0.15) is 64.7 Å². The van der Waals surface area contributed by atoms with Gasteiger partial charge in [-0.25, -0.2) is 0 Å². The summed E-state index contributed by atoms with van der Waals surface area (Å²) in [4.78, 5) is 10.4. The molecule has 0 aliphatic rings. The van der Waals surface area contributed by atoms with E-state index in [4.69, 9.17) is 5.11 Å². The van der Waals surface area contributed by atoms with Crippen LogP contribution in [0.2, 0.25) is 0 Å². The zero-order valence-corrected chi connectivity index (χ0v) is 16.7. The fourth-order valence-electron chi connectivity index (χ4n) is 2.20. The second-order valence-corrected chi connectivity index (χ2v) is 6.26. The summed E-state index contributed by atoms with van der Waals surface area (Å²) in [5.41, 5.74) is 0. The first-order valence-electron chi connectivity index (χ1n) is 10.00. The molecule has 0 bridgehead atoms. The summed E-state index contributed by atoms with van der Waals surface area (Å²) in [5.74, 6) is -0.712. The van der Waals surface area contributed by atoms with Gasteiger partial charge in [-0.05, 0) is 51.4 Å². The van der Waals surface area contributed by atoms with Crippen molar-refractivity contribution in [1.82, 2.24) is 0 Å². The number of aliphatic hydroxyl groups is 1. The summed E-state index contributed by atoms with van der Waals surface area (Å²) in [7, 11) is 0. The van der Waals surface area contributed by atoms with Gasteiger partial charge in [0.05, 0.1) is 6.10 Å². The van der Waals surface area contributed by atoms with E-state index in [-0.39, 0.29) is 6.42 Å². The number of hydrogen-bond acceptors (Lipinski definition) is 2. The number of aliphatic hydroxyl groups excluding tert-OH is 1. The normalized spacial score (nSPS) is 14.1. The van der Waals surface area contributed by atoms with E-state index in [1.54, 1.807) is 0 Å². The number of carbonyl (C=O) groups is 1. The molecule has 0 aliphatic carbocycles. The predicted molar refractivity (Wildman–Crippen MR) is 116 cm³/mol. The molecule has 0 rings (SSSR count). The summed E-state index contributed by atoms with van der Waals surface area (Å²) in [6.07, 6.45) is 31.5. The monoisotopic (exact) mass is 372 g/mol. The van der Waals surface area contributed by atoms with Crippen LogP contribution in [-0.4, -0.2) is 22.3 Å². The fourth-order valence-corrected chi connectivity index (χ4v) is 2.20. The lowest BCUT2D eigenvalue weighted by molar-refractivity contribution is -0.137. The second-order valence-electron chi connectivity index (χ2n) is 6.26. The van der Waals surface area contributed by atoms with Crippen LogP contribution >= 0.6 is 0 Å². The molecule has 0 radical (unpaired) electrons. The van der Waals surface area contributed by atoms with E-state index in [0.29, 0.717) is 6.42 Å². The average Bonchev–Trinajstić information content (AvgIpc) is 2.64. The van der Waals surface area contributed by atoms with Crippen molar-refractivity contribution in [2.45, 2.75) is 70.8 Å². The molecular weight excluding hydrogens is 336 g/mol. The Bertz CT molecular complexity index is 522. The minimum absolute atomic E-state index is 0.268. The van der Waals surface area contributed by atoms with E-state index < -0.39 is 12.1 Å². The van der Waals surface area contributed by atoms with Crippen molar-refractivity contribution < 1.29 is 15.0 Å². The van der Waals surface area contributed by atoms with Gasteiger partial charge in [-0.1, -0.05) is 79.8 Å². The predicted octanol–water partition coefficient (Wildman–Crippen LogP) is 6.30. The number of carboxylic acid groups (broad SMARTS) is 1. The largest absolute Gasteiger partial charge is 0.481 e. The maximum absolute atomic E-state index is 10.4. The summed E-state index contributed by atoms with van der Waals surface area (Å²) in [6.45, 7) is 2.08. The average molecular weight is 373 g/mol. The number of allylic oxidation sites excluding steroid dienone is 10. The first-order valence-corrected chi connectivity index (χ1v) is 10.00. The summed E-state index contributed by atoms with van der Waals surface area (Å²) in [5, 5.41) is 18.2. The zero-order chi connectivity index (χ0) is 20.0. The molecule has 1 unspecified atom stereocenters. The SMILES string of the molecule is CC/C=C\CC(O)/C=C/C=C\C/C=C\C/C=C\C/C=C\CCCCC(=O)O. The number of rotatable bonds is 16. The van der Waals surface area contributed by atoms with Crippen molar-refractivity contribution in [2.24, 2.45) is 0 Å². The molecule has 0 aromatic carbocycles. The summed E-state index contributed by atoms with van der Waals surface area (Å²) in [6, 6.07) is 0. The molecule has 27 heavy (non-hydrogen) atoms. The van der Waals surface area contributed by atoms with Gasteiger partial charge < -0.3 is 10.2 Å². The Morgan fingerprint density at radius 2 is 1.44 bits per heavy atom. The molecule has 150 valence electrons. The van der Waals surface area contributed by atoms with Crippen molar-refractivity contribution >= 4 is 5.97 Å². The Labute approximate surface area is 165 Å². The maximum atomic E-state index is 10.4. The van der Waals surface area contributed by atoms with Gasteiger partial charge in [0.25, 0.3) is 0 Å². The quantitative estimate of drug-likeness (QED) is 0.190. The van der Waals surface area contributed by atoms with Crippen LogP contribution in [0.15, 0.2) is 72.9 Å². The molecule has 0 aromatic heterocycles. The van der Waals surface area contributed by atoms with Crippen molar-refractivity contribution in [1.29, 1.82) is 0 Å². The summed E-state index contributed by atoms with van der Waals surface area (Å²) >= 11 is 0. The van der Waals surface area contributed by atoms with Crippen LogP contribution in [0.5, 0.6) is 0 Å². The number of aliphatic carboxylic acids is 1. The van der Waals surface area contributed by atoms with Crippen LogP contribution in [0.3, 0.4) is 0 Å². The third-order valence-electron chi connectivity index (χ3n) is 3.69. The molecule has 0 saturated carbocycles. The number of unbranched alkanes of at least 4 members (excludes halogenated alkanes) is 2. The molecule has 0 aromatic rings. The van der Waals surface area contributed by atoms with Crippen molar-refractivity contribution in [3.63, 3.8) is 0 Å². The lowest BCUT2D eigenvalue weighted by atomic mass is 10.2. The Hall–Kier alpha value is -2.13. The first kappa shape index (κ1) is 24.9. The molecule has 3 nitrogen and oxygen atoms in total. The molecule has 0 spiro atoms. The van der Waals surface area contributed by atoms with Crippen LogP contribution < -0.4 is 0 Å². The molecule has 0 amide bonds. The lowest BCUT2D eigenvalue weighted by Gasteiger charge is -1.98. The second kappa shape index (κ2) is 20.2. The topological polar surface area (TPSA) is 57.5 Å². The smallest absolute Gasteiger partial charge is 0.303 e. The molecule has 2 N–H and O–H groups in total. The van der Waals surface area contributed by atoms with Gasteiger partial charge in [-0.15, -0.1) is 0 Å². The number of carboxylic acids is 1. The fraction of sp³-hybridized carbons (Fsp3) is 0.458. The molecule has 3 heteroatoms. The van der Waals surface area contributed by atoms with Gasteiger partial charge >= 0.3 is 5.97 Å². The molecule has 0 fully saturated rings. The van der Waals surface area contributed by atoms with Crippen LogP contribution in [0.4, 0.5) is 0 Å². The Balaban J connectivity index is 3.61. The van der Waals surface area contributed by atoms with Crippen molar-refractivity contribution in [3.05, 3.63) is 72.9 Å². The van der Waals surface area contributed by atoms with Crippen LogP contribution in [0, 0.1) is 0 Å². The van der Waals surface area contributed by atoms with Crippen LogP contribution in [0.25, 0.3) is 0 Å². The van der Waals surface area contributed by atoms with E-state index >= 15 is 0 Å². The van der Waals surface area contributed by atoms with E-state index in [1.165, 1.54) is 0 Å². The minimum atomic E-state index is -0.712. The standard InChI is InChI=1S/C24H36O3/c1-2-3-17-20-23(25)21-18-15-13-11-9-7-5-4-6-8-10-12-14-16-19-22-24(26)27/h3-4,6-7,9-10,12-13,15,17-18,21,23,25H,2,5,8,11,14,16,19-20,22H2,1H3,(H,26,27)/b6-4-,9-7-,12-10-,15-13-,17-3-,21-18+. The van der Waals surface area contributed by atoms with E-state index in [1.807, 2.05) is 24.3 Å². The molecular formula is C24H36O3. The maximum Gasteiger partial charge on any atom is 0.303 e. The third-order valence-corrected chi connectivity index (χ3v) is 3.69. The highest BCUT2D eigenvalue weighted by atomic mass is 16.4. The van der Waals surface area contributed by atoms with Gasteiger partial charge in [0.15, 0.2) is 0 Å². The molecule has 0 saturated heterocycles. The van der Waals surface area contributed by atoms with E-state index in [0.717, 1.165) is 44.9 Å². The lowest BCUT2D eigenvalue weighted by Crippen LogP contribution is -1.98. The van der Waals surface area contributed by atoms with Gasteiger partial charge in [0.1, 0.15) is 0 Å². The van der Waals surface area contributed by atoms with Gasteiger partial charge in [-0.2, -0.15) is 0 Å². The highest BCUT2D eigenvalue weighted by Gasteiger charge is 1.94. The first-order chi connectivity index (χ1) is 13.2. The summed E-state index contributed by atoms with van der Waals surface area (Å²) < 4.78 is 0. The Kier molecular flexibility index (Phi) is 18.6. The highest BCUT2D eigenvalue weighted by Crippen LogP contribution is 2.02. The molecule has 0 heterocycles. The minimum Gasteiger partial charge on any atom is -0.481 e. The van der Waals surface area contributed by atoms with Gasteiger partial charge in [0.2, 0.25) is 0 Å². The van der Waals surface area contributed by atoms with E-state index in [9.17, 15) is 9.90 Å². The third kappa shape index (κ3) is 21.8. The number of hydrogen-bond donors (Lipinski definition) is 2. The highest BCUT2D eigenvalue weighted by molar-refractivity contribution is 5.66. The Morgan fingerprint density at radius 3 is 2.07 bits per heavy atom. The van der Waals surface area contributed by atoms with Gasteiger partial charge in [0, 0.05) is 6.42 Å². The molecule has 0 aliphatic heterocycles. The van der Waals surface area contributed by atoms with Gasteiger partial charge in [-0.3, -0.25) is 4.79 Å². The Morgan fingerprint density at radius 1 is 0.815 bits per heavy atom. The van der Waals surface area contributed by atoms with Crippen molar-refractivity contribution in [2.75, 3.05) is 0 Å². The van der Waals surface area contributed by atoms with Crippen molar-refractivity contribution in [3.8, 4) is 0 Å². The van der Waals surface area contributed by atoms with Crippen LogP contribution in [-0.2, 0) is 4.79 Å². The van der Waals surface area contributed by atoms with E-state index in [2.05, 4.69) is 55.5 Å².